The molecule has 4 rings (SSSR count). The molecule has 10 heteroatoms. The average molecular weight is 618 g/mol. The van der Waals surface area contributed by atoms with E-state index in [4.69, 9.17) is 16.5 Å². The van der Waals surface area contributed by atoms with Crippen molar-refractivity contribution in [3.05, 3.63) is 41.9 Å². The summed E-state index contributed by atoms with van der Waals surface area (Å²) in [6.07, 6.45) is 10.4. The topological polar surface area (TPSA) is 140 Å². The Morgan fingerprint density at radius 3 is 2.56 bits per heavy atom. The number of nitrogens with zero attached hydrogens (tertiary/aromatic N) is 1. The zero-order valence-electron chi connectivity index (χ0n) is 26.3. The Hall–Kier alpha value is -2.30. The number of fused-ring (bicyclic) bond motifs is 2. The zero-order valence-corrected chi connectivity index (χ0v) is 27.1. The lowest BCUT2D eigenvalue weighted by Gasteiger charge is -2.44. The molecule has 7 atom stereocenters. The standard InChI is InChI=1S/C33H52FN5O3S/c1-5-7-16-33(3)17-15-24(34)20-37-26(18-33)28(31(35)36)32(40)39-30-27(22-11-13-25(14-12-22)43(4,41)42)23-10-8-9-21(6-2)29(30)38-19-23/h11-14,20-21,23,26-28,30-31,37H,5-10,15-19,35-36H2,1-4H3,(H,39,40)/b24-20+. The van der Waals surface area contributed by atoms with E-state index in [0.29, 0.717) is 25.8 Å². The molecule has 2 bridgehead atoms. The SMILES string of the molecule is CCCCC1(C)CC/C(F)=C\NC(C(C(=O)NC2C3=NCC(CCCC3CC)C2c2ccc(S(C)(=O)=O)cc2)C(N)N)C1. The molecule has 7 unspecified atom stereocenters. The van der Waals surface area contributed by atoms with Gasteiger partial charge in [0.1, 0.15) is 5.83 Å². The molecule has 240 valence electrons. The van der Waals surface area contributed by atoms with E-state index in [1.54, 1.807) is 12.1 Å². The summed E-state index contributed by atoms with van der Waals surface area (Å²) in [6, 6.07) is 6.28. The van der Waals surface area contributed by atoms with Gasteiger partial charge in [0.15, 0.2) is 9.84 Å². The largest absolute Gasteiger partial charge is 0.385 e. The molecule has 0 aliphatic carbocycles. The third-order valence-corrected chi connectivity index (χ3v) is 11.3. The first-order valence-electron chi connectivity index (χ1n) is 16.1. The molecule has 43 heavy (non-hydrogen) atoms. The Morgan fingerprint density at radius 1 is 1.21 bits per heavy atom. The van der Waals surface area contributed by atoms with Crippen LogP contribution in [0.15, 0.2) is 46.2 Å². The van der Waals surface area contributed by atoms with Crippen LogP contribution in [0, 0.1) is 23.2 Å². The van der Waals surface area contributed by atoms with Crippen LogP contribution in [0.5, 0.6) is 0 Å². The number of hydrogen-bond donors (Lipinski definition) is 4. The van der Waals surface area contributed by atoms with Crippen LogP contribution in [-0.4, -0.2) is 51.1 Å². The van der Waals surface area contributed by atoms with Crippen molar-refractivity contribution in [3.8, 4) is 0 Å². The lowest BCUT2D eigenvalue weighted by molar-refractivity contribution is -0.127. The molecule has 3 aliphatic rings. The first-order valence-corrected chi connectivity index (χ1v) is 18.0. The van der Waals surface area contributed by atoms with Crippen molar-refractivity contribution < 1.29 is 17.6 Å². The molecule has 1 aromatic rings. The quantitative estimate of drug-likeness (QED) is 0.274. The van der Waals surface area contributed by atoms with Crippen LogP contribution < -0.4 is 22.1 Å². The van der Waals surface area contributed by atoms with E-state index in [9.17, 15) is 17.6 Å². The van der Waals surface area contributed by atoms with Crippen molar-refractivity contribution in [1.29, 1.82) is 0 Å². The van der Waals surface area contributed by atoms with E-state index < -0.39 is 28.0 Å². The van der Waals surface area contributed by atoms with Crippen molar-refractivity contribution in [2.24, 2.45) is 39.6 Å². The van der Waals surface area contributed by atoms with Crippen molar-refractivity contribution >= 4 is 21.5 Å². The van der Waals surface area contributed by atoms with Gasteiger partial charge in [-0.1, -0.05) is 52.2 Å². The molecule has 1 aromatic carbocycles. The second kappa shape index (κ2) is 14.2. The second-order valence-electron chi connectivity index (χ2n) is 13.5. The van der Waals surface area contributed by atoms with Crippen LogP contribution in [-0.2, 0) is 14.6 Å². The van der Waals surface area contributed by atoms with Gasteiger partial charge in [-0.15, -0.1) is 0 Å². The van der Waals surface area contributed by atoms with Crippen LogP contribution in [0.4, 0.5) is 4.39 Å². The Balaban J connectivity index is 1.69. The Kier molecular flexibility index (Phi) is 11.1. The molecular formula is C33H52FN5O3S. The van der Waals surface area contributed by atoms with Gasteiger partial charge in [-0.3, -0.25) is 9.79 Å². The number of amides is 1. The summed E-state index contributed by atoms with van der Waals surface area (Å²) in [7, 11) is -3.34. The highest BCUT2D eigenvalue weighted by Gasteiger charge is 2.44. The fraction of sp³-hybridized carbons (Fsp3) is 0.697. The van der Waals surface area contributed by atoms with Gasteiger partial charge in [0.05, 0.1) is 23.0 Å². The van der Waals surface area contributed by atoms with E-state index >= 15 is 0 Å². The van der Waals surface area contributed by atoms with E-state index in [2.05, 4.69) is 31.4 Å². The van der Waals surface area contributed by atoms with E-state index in [1.165, 1.54) is 12.5 Å². The molecule has 8 nitrogen and oxygen atoms in total. The van der Waals surface area contributed by atoms with Crippen molar-refractivity contribution in [1.82, 2.24) is 10.6 Å². The average Bonchev–Trinajstić information content (AvgIpc) is 2.93. The minimum Gasteiger partial charge on any atom is -0.385 e. The summed E-state index contributed by atoms with van der Waals surface area (Å²) < 4.78 is 39.0. The number of unbranched alkanes of at least 4 members (excludes halogenated alkanes) is 1. The van der Waals surface area contributed by atoms with Crippen molar-refractivity contribution in [3.63, 3.8) is 0 Å². The Morgan fingerprint density at radius 2 is 1.93 bits per heavy atom. The summed E-state index contributed by atoms with van der Waals surface area (Å²) in [5.41, 5.74) is 14.5. The number of hydrogen-bond acceptors (Lipinski definition) is 7. The number of benzene rings is 1. The number of allylic oxidation sites excluding steroid dienone is 1. The monoisotopic (exact) mass is 617 g/mol. The van der Waals surface area contributed by atoms with Crippen LogP contribution in [0.3, 0.4) is 0 Å². The summed E-state index contributed by atoms with van der Waals surface area (Å²) in [6.45, 7) is 7.16. The molecule has 3 aliphatic heterocycles. The minimum atomic E-state index is -3.34. The molecule has 3 heterocycles. The first kappa shape index (κ1) is 33.6. The van der Waals surface area contributed by atoms with Crippen LogP contribution in [0.2, 0.25) is 0 Å². The predicted octanol–water partition coefficient (Wildman–Crippen LogP) is 4.95. The van der Waals surface area contributed by atoms with E-state index in [1.807, 2.05) is 12.1 Å². The molecule has 0 spiro atoms. The van der Waals surface area contributed by atoms with Gasteiger partial charge in [0.25, 0.3) is 0 Å². The van der Waals surface area contributed by atoms with E-state index in [0.717, 1.165) is 56.2 Å². The van der Waals surface area contributed by atoms with E-state index in [-0.39, 0.29) is 45.8 Å². The molecule has 0 fully saturated rings. The van der Waals surface area contributed by atoms with Gasteiger partial charge in [-0.05, 0) is 73.5 Å². The second-order valence-corrected chi connectivity index (χ2v) is 15.5. The van der Waals surface area contributed by atoms with Crippen molar-refractivity contribution in [2.45, 2.75) is 114 Å². The highest BCUT2D eigenvalue weighted by Crippen LogP contribution is 2.42. The van der Waals surface area contributed by atoms with Crippen LogP contribution in [0.25, 0.3) is 0 Å². The maximum Gasteiger partial charge on any atom is 0.228 e. The maximum absolute atomic E-state index is 14.7. The summed E-state index contributed by atoms with van der Waals surface area (Å²) in [5.74, 6) is -0.899. The normalized spacial score (nSPS) is 31.9. The van der Waals surface area contributed by atoms with Gasteiger partial charge in [-0.2, -0.15) is 0 Å². The van der Waals surface area contributed by atoms with Crippen LogP contribution >= 0.6 is 0 Å². The Labute approximate surface area is 257 Å². The molecule has 1 amide bonds. The summed E-state index contributed by atoms with van der Waals surface area (Å²) in [4.78, 5) is 19.7. The molecule has 0 saturated carbocycles. The number of sulfone groups is 1. The fourth-order valence-corrected chi connectivity index (χ4v) is 8.25. The number of rotatable bonds is 10. The lowest BCUT2D eigenvalue weighted by Crippen LogP contribution is -2.60. The number of halogens is 1. The Bertz CT molecular complexity index is 1280. The maximum atomic E-state index is 14.7. The third-order valence-electron chi connectivity index (χ3n) is 10.1. The lowest BCUT2D eigenvalue weighted by atomic mass is 9.68. The number of aliphatic imine (C=N–C) groups is 1. The predicted molar refractivity (Wildman–Crippen MR) is 171 cm³/mol. The number of nitrogens with two attached hydrogens (primary N) is 2. The number of carbonyl (C=O) groups excluding carboxylic acids is 1. The molecule has 0 saturated heterocycles. The van der Waals surface area contributed by atoms with Crippen LogP contribution in [0.1, 0.15) is 96.5 Å². The highest BCUT2D eigenvalue weighted by molar-refractivity contribution is 7.90. The molecular weight excluding hydrogens is 565 g/mol. The third kappa shape index (κ3) is 8.05. The van der Waals surface area contributed by atoms with Gasteiger partial charge in [-0.25, -0.2) is 12.8 Å². The highest BCUT2D eigenvalue weighted by atomic mass is 32.2. The number of nitrogens with one attached hydrogen (secondary N) is 2. The van der Waals surface area contributed by atoms with Gasteiger partial charge in [0.2, 0.25) is 5.91 Å². The van der Waals surface area contributed by atoms with Crippen molar-refractivity contribution in [2.75, 3.05) is 12.8 Å². The fourth-order valence-electron chi connectivity index (χ4n) is 7.62. The molecule has 6 N–H and O–H groups in total. The van der Waals surface area contributed by atoms with Gasteiger partial charge >= 0.3 is 0 Å². The zero-order chi connectivity index (χ0) is 31.4. The van der Waals surface area contributed by atoms with Gasteiger partial charge < -0.3 is 22.1 Å². The van der Waals surface area contributed by atoms with Gasteiger partial charge in [0, 0.05) is 43.1 Å². The minimum absolute atomic E-state index is 0.0634. The summed E-state index contributed by atoms with van der Waals surface area (Å²) in [5, 5.41) is 6.57. The number of carbonyl (C=O) groups is 1. The first-order chi connectivity index (χ1) is 20.4. The summed E-state index contributed by atoms with van der Waals surface area (Å²) >= 11 is 0. The smallest absolute Gasteiger partial charge is 0.228 e. The molecule has 0 radical (unpaired) electrons. The molecule has 0 aromatic heterocycles.